The topological polar surface area (TPSA) is 78.5 Å². The average Bonchev–Trinajstić information content (AvgIpc) is 3.18. The van der Waals surface area contributed by atoms with Crippen molar-refractivity contribution in [3.63, 3.8) is 0 Å². The van der Waals surface area contributed by atoms with E-state index in [0.717, 1.165) is 40.8 Å². The molecule has 0 bridgehead atoms. The molecule has 0 saturated heterocycles. The lowest BCUT2D eigenvalue weighted by molar-refractivity contribution is 0.112. The minimum Gasteiger partial charge on any atom is -0.388 e. The third kappa shape index (κ3) is 3.63. The van der Waals surface area contributed by atoms with Gasteiger partial charge in [0.05, 0.1) is 12.3 Å². The van der Waals surface area contributed by atoms with Gasteiger partial charge in [-0.05, 0) is 59.7 Å². The highest BCUT2D eigenvalue weighted by Crippen LogP contribution is 2.41. The second kappa shape index (κ2) is 7.89. The normalized spacial score (nSPS) is 19.0. The van der Waals surface area contributed by atoms with Crippen molar-refractivity contribution in [2.45, 2.75) is 25.8 Å². The minimum absolute atomic E-state index is 0.0781. The van der Waals surface area contributed by atoms with Gasteiger partial charge in [0, 0.05) is 37.1 Å². The predicted molar refractivity (Wildman–Crippen MR) is 122 cm³/mol. The van der Waals surface area contributed by atoms with E-state index in [-0.39, 0.29) is 6.04 Å². The van der Waals surface area contributed by atoms with Crippen LogP contribution in [0.3, 0.4) is 0 Å². The number of carbonyl (C=O) groups excluding carboxylic acids is 1. The fraction of sp³-hybridized carbons (Fsp3) is 0.348. The van der Waals surface area contributed by atoms with E-state index in [1.54, 1.807) is 0 Å². The largest absolute Gasteiger partial charge is 0.388 e. The molecular weight excluding hydrogens is 398 g/mol. The van der Waals surface area contributed by atoms with Gasteiger partial charge in [0.25, 0.3) is 0 Å². The number of rotatable bonds is 5. The van der Waals surface area contributed by atoms with Crippen molar-refractivity contribution in [2.24, 2.45) is 0 Å². The SMILES string of the molecule is CNc1cccc(-c2ccc(C=O)c3c2CC(C2=CCN(S(C)(=O)=O)CC2)N3)c1C. The third-order valence-electron chi connectivity index (χ3n) is 6.22. The first-order chi connectivity index (χ1) is 14.3. The second-order valence-corrected chi connectivity index (χ2v) is 9.94. The van der Waals surface area contributed by atoms with E-state index >= 15 is 0 Å². The molecule has 158 valence electrons. The number of aldehydes is 1. The van der Waals surface area contributed by atoms with Crippen LogP contribution in [-0.2, 0) is 16.4 Å². The Labute approximate surface area is 178 Å². The fourth-order valence-corrected chi connectivity index (χ4v) is 5.30. The summed E-state index contributed by atoms with van der Waals surface area (Å²) in [6, 6.07) is 10.2. The van der Waals surface area contributed by atoms with E-state index in [1.807, 2.05) is 31.3 Å². The molecule has 2 heterocycles. The number of anilines is 2. The van der Waals surface area contributed by atoms with Crippen molar-refractivity contribution < 1.29 is 13.2 Å². The average molecular weight is 426 g/mol. The van der Waals surface area contributed by atoms with Gasteiger partial charge in [0.1, 0.15) is 0 Å². The minimum atomic E-state index is -3.18. The Bertz CT molecular complexity index is 1140. The zero-order valence-electron chi connectivity index (χ0n) is 17.5. The van der Waals surface area contributed by atoms with Crippen LogP contribution in [0.1, 0.15) is 27.9 Å². The third-order valence-corrected chi connectivity index (χ3v) is 7.49. The lowest BCUT2D eigenvalue weighted by Crippen LogP contribution is -2.36. The molecular formula is C23H27N3O3S. The van der Waals surface area contributed by atoms with Crippen LogP contribution in [0.15, 0.2) is 42.0 Å². The van der Waals surface area contributed by atoms with E-state index < -0.39 is 10.0 Å². The van der Waals surface area contributed by atoms with Gasteiger partial charge in [-0.1, -0.05) is 24.3 Å². The van der Waals surface area contributed by atoms with Crippen molar-refractivity contribution in [1.82, 2.24) is 4.31 Å². The van der Waals surface area contributed by atoms with Crippen LogP contribution in [0.5, 0.6) is 0 Å². The molecule has 2 aliphatic heterocycles. The van der Waals surface area contributed by atoms with E-state index in [0.29, 0.717) is 25.1 Å². The van der Waals surface area contributed by atoms with Crippen molar-refractivity contribution in [1.29, 1.82) is 0 Å². The maximum atomic E-state index is 11.8. The molecule has 2 aromatic carbocycles. The number of hydrogen-bond donors (Lipinski definition) is 2. The molecule has 4 rings (SSSR count). The molecule has 2 aromatic rings. The lowest BCUT2D eigenvalue weighted by Gasteiger charge is -2.27. The van der Waals surface area contributed by atoms with Gasteiger partial charge in [-0.15, -0.1) is 0 Å². The van der Waals surface area contributed by atoms with Crippen LogP contribution < -0.4 is 10.6 Å². The highest BCUT2D eigenvalue weighted by molar-refractivity contribution is 7.88. The van der Waals surface area contributed by atoms with Crippen LogP contribution in [0.4, 0.5) is 11.4 Å². The summed E-state index contributed by atoms with van der Waals surface area (Å²) in [7, 11) is -1.26. The summed E-state index contributed by atoms with van der Waals surface area (Å²) < 4.78 is 25.1. The predicted octanol–water partition coefficient (Wildman–Crippen LogP) is 3.44. The summed E-state index contributed by atoms with van der Waals surface area (Å²) in [6.07, 6.45) is 5.63. The molecule has 1 unspecified atom stereocenters. The first kappa shape index (κ1) is 20.6. The first-order valence-electron chi connectivity index (χ1n) is 10.1. The molecule has 0 amide bonds. The molecule has 1 atom stereocenters. The van der Waals surface area contributed by atoms with Gasteiger partial charge in [0.15, 0.2) is 6.29 Å². The van der Waals surface area contributed by atoms with Gasteiger partial charge < -0.3 is 10.6 Å². The summed E-state index contributed by atoms with van der Waals surface area (Å²) >= 11 is 0. The number of nitrogens with one attached hydrogen (secondary N) is 2. The molecule has 0 fully saturated rings. The Morgan fingerprint density at radius 1 is 1.20 bits per heavy atom. The Morgan fingerprint density at radius 2 is 2.00 bits per heavy atom. The van der Waals surface area contributed by atoms with Crippen LogP contribution in [-0.4, -0.2) is 51.4 Å². The zero-order chi connectivity index (χ0) is 21.5. The fourth-order valence-electron chi connectivity index (χ4n) is 4.53. The van der Waals surface area contributed by atoms with E-state index in [4.69, 9.17) is 0 Å². The summed E-state index contributed by atoms with van der Waals surface area (Å²) in [5.41, 5.74) is 8.44. The lowest BCUT2D eigenvalue weighted by atomic mass is 9.90. The van der Waals surface area contributed by atoms with Crippen molar-refractivity contribution >= 4 is 27.7 Å². The standard InChI is InChI=1S/C23H27N3O3S/c1-15-18(5-4-6-21(15)24-2)19-8-7-17(14-27)23-20(19)13-22(25-23)16-9-11-26(12-10-16)30(3,28)29/h4-9,14,22,24-25H,10-13H2,1-3H3. The molecule has 0 spiro atoms. The highest BCUT2D eigenvalue weighted by Gasteiger charge is 2.31. The summed E-state index contributed by atoms with van der Waals surface area (Å²) in [6.45, 7) is 3.00. The molecule has 2 aliphatic rings. The van der Waals surface area contributed by atoms with Crippen molar-refractivity contribution in [3.8, 4) is 11.1 Å². The van der Waals surface area contributed by atoms with Gasteiger partial charge in [-0.2, -0.15) is 4.31 Å². The summed E-state index contributed by atoms with van der Waals surface area (Å²) in [5.74, 6) is 0. The summed E-state index contributed by atoms with van der Waals surface area (Å²) in [5, 5.41) is 6.79. The summed E-state index contributed by atoms with van der Waals surface area (Å²) in [4.78, 5) is 11.7. The maximum Gasteiger partial charge on any atom is 0.211 e. The molecule has 0 radical (unpaired) electrons. The number of benzene rings is 2. The van der Waals surface area contributed by atoms with Crippen LogP contribution in [0.2, 0.25) is 0 Å². The number of hydrogen-bond acceptors (Lipinski definition) is 5. The number of sulfonamides is 1. The Balaban J connectivity index is 1.70. The van der Waals surface area contributed by atoms with E-state index in [2.05, 4.69) is 29.7 Å². The number of nitrogens with zero attached hydrogens (tertiary/aromatic N) is 1. The zero-order valence-corrected chi connectivity index (χ0v) is 18.3. The molecule has 6 nitrogen and oxygen atoms in total. The van der Waals surface area contributed by atoms with E-state index in [1.165, 1.54) is 21.7 Å². The molecule has 0 saturated carbocycles. The molecule has 2 N–H and O–H groups in total. The van der Waals surface area contributed by atoms with Gasteiger partial charge >= 0.3 is 0 Å². The number of fused-ring (bicyclic) bond motifs is 1. The van der Waals surface area contributed by atoms with Gasteiger partial charge in [-0.25, -0.2) is 8.42 Å². The van der Waals surface area contributed by atoms with Crippen molar-refractivity contribution in [2.75, 3.05) is 37.0 Å². The molecule has 30 heavy (non-hydrogen) atoms. The Kier molecular flexibility index (Phi) is 5.42. The smallest absolute Gasteiger partial charge is 0.211 e. The molecule has 7 heteroatoms. The molecule has 0 aliphatic carbocycles. The van der Waals surface area contributed by atoms with E-state index in [9.17, 15) is 13.2 Å². The monoisotopic (exact) mass is 425 g/mol. The van der Waals surface area contributed by atoms with Crippen LogP contribution >= 0.6 is 0 Å². The quantitative estimate of drug-likeness (QED) is 0.567. The molecule has 0 aromatic heterocycles. The maximum absolute atomic E-state index is 11.8. The first-order valence-corrected chi connectivity index (χ1v) is 12.0. The van der Waals surface area contributed by atoms with Crippen LogP contribution in [0, 0.1) is 6.92 Å². The Morgan fingerprint density at radius 3 is 2.63 bits per heavy atom. The Hall–Kier alpha value is -2.64. The van der Waals surface area contributed by atoms with Gasteiger partial charge in [0.2, 0.25) is 10.0 Å². The second-order valence-electron chi connectivity index (χ2n) is 7.95. The van der Waals surface area contributed by atoms with Crippen molar-refractivity contribution in [3.05, 3.63) is 58.7 Å². The van der Waals surface area contributed by atoms with Gasteiger partial charge in [-0.3, -0.25) is 4.79 Å². The number of carbonyl (C=O) groups is 1. The van der Waals surface area contributed by atoms with Crippen LogP contribution in [0.25, 0.3) is 11.1 Å². The highest BCUT2D eigenvalue weighted by atomic mass is 32.2.